The summed E-state index contributed by atoms with van der Waals surface area (Å²) in [6, 6.07) is 20.7. The van der Waals surface area contributed by atoms with Crippen molar-refractivity contribution >= 4 is 22.7 Å². The lowest BCUT2D eigenvalue weighted by molar-refractivity contribution is 0.388. The van der Waals surface area contributed by atoms with Crippen molar-refractivity contribution < 1.29 is 22.0 Å². The van der Waals surface area contributed by atoms with Gasteiger partial charge in [-0.1, -0.05) is 42.5 Å². The van der Waals surface area contributed by atoms with Gasteiger partial charge in [-0.3, -0.25) is 0 Å². The maximum atomic E-state index is 13.5. The number of sulfone groups is 1. The molecule has 3 aromatic rings. The van der Waals surface area contributed by atoms with Gasteiger partial charge in [0.15, 0.2) is 0 Å². The lowest BCUT2D eigenvalue weighted by Crippen LogP contribution is -2.19. The van der Waals surface area contributed by atoms with Crippen LogP contribution in [-0.2, 0) is 14.4 Å². The van der Waals surface area contributed by atoms with E-state index in [1.54, 1.807) is 54.6 Å². The SMILES string of the molecule is O=P1(c2ccccc2)Oc2ccccc2S(=O)(=O)c2ccccc2O1. The quantitative estimate of drug-likeness (QED) is 0.608. The number of fused-ring (bicyclic) bond motifs is 2. The third-order valence-electron chi connectivity index (χ3n) is 3.79. The van der Waals surface area contributed by atoms with Crippen molar-refractivity contribution in [2.24, 2.45) is 0 Å². The Kier molecular flexibility index (Phi) is 3.67. The average Bonchev–Trinajstić information content (AvgIpc) is 2.62. The minimum atomic E-state index is -3.86. The fourth-order valence-corrected chi connectivity index (χ4v) is 5.85. The first-order chi connectivity index (χ1) is 12.0. The molecule has 5 nitrogen and oxygen atoms in total. The zero-order valence-corrected chi connectivity index (χ0v) is 14.6. The summed E-state index contributed by atoms with van der Waals surface area (Å²) in [4.78, 5) is -0.0798. The van der Waals surface area contributed by atoms with Gasteiger partial charge < -0.3 is 9.05 Å². The van der Waals surface area contributed by atoms with Gasteiger partial charge in [0, 0.05) is 0 Å². The van der Waals surface area contributed by atoms with Gasteiger partial charge in [-0.15, -0.1) is 0 Å². The summed E-state index contributed by atoms with van der Waals surface area (Å²) in [7, 11) is -7.69. The Morgan fingerprint density at radius 3 is 1.60 bits per heavy atom. The summed E-state index contributed by atoms with van der Waals surface area (Å²) < 4.78 is 50.8. The van der Waals surface area contributed by atoms with Gasteiger partial charge in [0.1, 0.15) is 21.3 Å². The van der Waals surface area contributed by atoms with Gasteiger partial charge in [0.25, 0.3) is 0 Å². The van der Waals surface area contributed by atoms with Crippen molar-refractivity contribution in [1.29, 1.82) is 0 Å². The van der Waals surface area contributed by atoms with E-state index in [-0.39, 0.29) is 21.3 Å². The first-order valence-corrected chi connectivity index (χ1v) is 10.5. The van der Waals surface area contributed by atoms with Gasteiger partial charge in [-0.05, 0) is 36.4 Å². The fourth-order valence-electron chi connectivity index (χ4n) is 2.61. The highest BCUT2D eigenvalue weighted by molar-refractivity contribution is 7.91. The summed E-state index contributed by atoms with van der Waals surface area (Å²) in [5.41, 5.74) is 0. The molecule has 1 aliphatic heterocycles. The Morgan fingerprint density at radius 1 is 0.640 bits per heavy atom. The van der Waals surface area contributed by atoms with Crippen LogP contribution in [0.5, 0.6) is 11.5 Å². The van der Waals surface area contributed by atoms with Crippen molar-refractivity contribution in [3.05, 3.63) is 78.9 Å². The van der Waals surface area contributed by atoms with E-state index in [4.69, 9.17) is 9.05 Å². The summed E-state index contributed by atoms with van der Waals surface area (Å²) >= 11 is 0. The number of benzene rings is 3. The fraction of sp³-hybridized carbons (Fsp3) is 0. The number of rotatable bonds is 1. The normalized spacial score (nSPS) is 17.0. The van der Waals surface area contributed by atoms with Crippen LogP contribution in [0.25, 0.3) is 0 Å². The van der Waals surface area contributed by atoms with Crippen LogP contribution >= 0.6 is 7.60 Å². The second-order valence-corrected chi connectivity index (χ2v) is 9.18. The van der Waals surface area contributed by atoms with Crippen molar-refractivity contribution in [3.8, 4) is 11.5 Å². The monoisotopic (exact) mass is 372 g/mol. The Morgan fingerprint density at radius 2 is 1.08 bits per heavy atom. The van der Waals surface area contributed by atoms with E-state index in [9.17, 15) is 13.0 Å². The van der Waals surface area contributed by atoms with Crippen LogP contribution in [0.1, 0.15) is 0 Å². The van der Waals surface area contributed by atoms with Crippen LogP contribution in [0, 0.1) is 0 Å². The van der Waals surface area contributed by atoms with Gasteiger partial charge in [0.2, 0.25) is 9.84 Å². The Bertz CT molecular complexity index is 1030. The van der Waals surface area contributed by atoms with Crippen molar-refractivity contribution in [3.63, 3.8) is 0 Å². The predicted molar refractivity (Wildman–Crippen MR) is 93.3 cm³/mol. The topological polar surface area (TPSA) is 69.7 Å². The van der Waals surface area contributed by atoms with Crippen LogP contribution in [0.3, 0.4) is 0 Å². The highest BCUT2D eigenvalue weighted by Gasteiger charge is 2.38. The van der Waals surface area contributed by atoms with Crippen LogP contribution in [-0.4, -0.2) is 8.42 Å². The van der Waals surface area contributed by atoms with E-state index in [0.717, 1.165) is 0 Å². The van der Waals surface area contributed by atoms with Crippen LogP contribution < -0.4 is 14.4 Å². The molecule has 0 aromatic heterocycles. The van der Waals surface area contributed by atoms with E-state index in [1.807, 2.05) is 0 Å². The predicted octanol–water partition coefficient (Wildman–Crippen LogP) is 3.81. The summed E-state index contributed by atoms with van der Waals surface area (Å²) in [6.07, 6.45) is 0. The Hall–Kier alpha value is -2.56. The molecule has 0 saturated heterocycles. The maximum absolute atomic E-state index is 13.5. The number of hydrogen-bond acceptors (Lipinski definition) is 5. The van der Waals surface area contributed by atoms with E-state index in [1.165, 1.54) is 24.3 Å². The third-order valence-corrected chi connectivity index (χ3v) is 7.42. The van der Waals surface area contributed by atoms with Crippen LogP contribution in [0.15, 0.2) is 88.7 Å². The van der Waals surface area contributed by atoms with Gasteiger partial charge >= 0.3 is 7.60 Å². The van der Waals surface area contributed by atoms with Crippen molar-refractivity contribution in [2.45, 2.75) is 9.79 Å². The molecule has 0 atom stereocenters. The molecule has 1 aliphatic rings. The van der Waals surface area contributed by atoms with Gasteiger partial charge in [-0.2, -0.15) is 0 Å². The molecule has 0 N–H and O–H groups in total. The molecular formula is C18H13O5PS. The minimum Gasteiger partial charge on any atom is -0.411 e. The summed E-state index contributed by atoms with van der Waals surface area (Å²) in [5, 5.41) is 0.346. The van der Waals surface area contributed by atoms with E-state index >= 15 is 0 Å². The summed E-state index contributed by atoms with van der Waals surface area (Å²) in [5.74, 6) is 0.00776. The molecule has 0 bridgehead atoms. The third kappa shape index (κ3) is 2.64. The van der Waals surface area contributed by atoms with Gasteiger partial charge in [-0.25, -0.2) is 13.0 Å². The molecule has 1 heterocycles. The van der Waals surface area contributed by atoms with E-state index in [2.05, 4.69) is 0 Å². The molecule has 0 radical (unpaired) electrons. The molecule has 0 amide bonds. The molecule has 25 heavy (non-hydrogen) atoms. The smallest absolute Gasteiger partial charge is 0.411 e. The zero-order valence-electron chi connectivity index (χ0n) is 12.9. The van der Waals surface area contributed by atoms with Crippen molar-refractivity contribution in [1.82, 2.24) is 0 Å². The Balaban J connectivity index is 2.03. The molecule has 7 heteroatoms. The number of para-hydroxylation sites is 2. The second kappa shape index (κ2) is 5.76. The van der Waals surface area contributed by atoms with Crippen LogP contribution in [0.4, 0.5) is 0 Å². The molecule has 126 valence electrons. The van der Waals surface area contributed by atoms with Gasteiger partial charge in [0.05, 0.1) is 5.30 Å². The first-order valence-electron chi connectivity index (χ1n) is 7.49. The molecule has 0 fully saturated rings. The lowest BCUT2D eigenvalue weighted by atomic mass is 10.3. The van der Waals surface area contributed by atoms with E-state index in [0.29, 0.717) is 5.30 Å². The summed E-state index contributed by atoms with van der Waals surface area (Å²) in [6.45, 7) is 0. The molecule has 4 rings (SSSR count). The maximum Gasteiger partial charge on any atom is 0.462 e. The molecule has 0 saturated carbocycles. The molecule has 0 spiro atoms. The molecule has 3 aromatic carbocycles. The second-order valence-electron chi connectivity index (χ2n) is 5.41. The standard InChI is InChI=1S/C18H13O5PS/c19-24(14-8-2-1-3-9-14)22-15-10-4-6-12-17(15)25(20,21)18-13-7-5-11-16(18)23-24/h1-13H. The number of hydrogen-bond donors (Lipinski definition) is 0. The highest BCUT2D eigenvalue weighted by Crippen LogP contribution is 2.52. The molecular weight excluding hydrogens is 359 g/mol. The van der Waals surface area contributed by atoms with E-state index < -0.39 is 17.4 Å². The highest BCUT2D eigenvalue weighted by atomic mass is 32.2. The molecule has 0 unspecified atom stereocenters. The van der Waals surface area contributed by atoms with Crippen LogP contribution in [0.2, 0.25) is 0 Å². The van der Waals surface area contributed by atoms with Crippen molar-refractivity contribution in [2.75, 3.05) is 0 Å². The molecule has 0 aliphatic carbocycles. The largest absolute Gasteiger partial charge is 0.462 e. The minimum absolute atomic E-state index is 0.00388. The first kappa shape index (κ1) is 15.9. The lowest BCUT2D eigenvalue weighted by Gasteiger charge is -2.25. The zero-order chi connectivity index (χ0) is 17.5. The Labute approximate surface area is 145 Å². The average molecular weight is 372 g/mol.